The number of piperidine rings is 1. The normalized spacial score (nSPS) is 43.2. The molecule has 1 amide bonds. The highest BCUT2D eigenvalue weighted by molar-refractivity contribution is 5.83. The van der Waals surface area contributed by atoms with Gasteiger partial charge in [-0.1, -0.05) is 0 Å². The van der Waals surface area contributed by atoms with Gasteiger partial charge in [-0.25, -0.2) is 0 Å². The number of nitrogens with zero attached hydrogens (tertiary/aromatic N) is 1. The Bertz CT molecular complexity index is 363. The Balaban J connectivity index is 1.58. The van der Waals surface area contributed by atoms with Crippen LogP contribution >= 0.6 is 0 Å². The summed E-state index contributed by atoms with van der Waals surface area (Å²) in [5.41, 5.74) is 5.46. The lowest BCUT2D eigenvalue weighted by molar-refractivity contribution is -0.131. The van der Waals surface area contributed by atoms with E-state index in [9.17, 15) is 4.79 Å². The van der Waals surface area contributed by atoms with Crippen LogP contribution in [0.2, 0.25) is 0 Å². The number of nitrogens with one attached hydrogen (secondary N) is 1. The van der Waals surface area contributed by atoms with Crippen LogP contribution in [0, 0.1) is 5.41 Å². The maximum Gasteiger partial charge on any atom is 0.230 e. The molecule has 4 atom stereocenters. The number of carbonyl (C=O) groups excluding carboxylic acids is 1. The summed E-state index contributed by atoms with van der Waals surface area (Å²) in [7, 11) is 0. The Kier molecular flexibility index (Phi) is 3.53. The second-order valence-electron chi connectivity index (χ2n) is 6.57. The molecule has 0 aromatic carbocycles. The monoisotopic (exact) mass is 267 g/mol. The first kappa shape index (κ1) is 13.3. The molecule has 3 heterocycles. The molecule has 0 spiro atoms. The number of carbonyl (C=O) groups is 1. The molecule has 3 aliphatic rings. The molecule has 19 heavy (non-hydrogen) atoms. The standard InChI is InChI=1S/C14H25N3O2/c1-14(9-19-8-12(14)15)13(18)16-10-4-6-17-5-2-3-11(17)7-10/h10-12H,2-9,15H2,1H3,(H,16,18). The van der Waals surface area contributed by atoms with Gasteiger partial charge in [-0.15, -0.1) is 0 Å². The van der Waals surface area contributed by atoms with Gasteiger partial charge in [0.2, 0.25) is 5.91 Å². The molecule has 0 bridgehead atoms. The SMILES string of the molecule is CC1(C(=O)NC2CCN3CCCC3C2)COCC1N. The van der Waals surface area contributed by atoms with Crippen LogP contribution < -0.4 is 11.1 Å². The predicted octanol–water partition coefficient (Wildman–Crippen LogP) is 0.0932. The maximum atomic E-state index is 12.5. The van der Waals surface area contributed by atoms with Gasteiger partial charge in [-0.2, -0.15) is 0 Å². The van der Waals surface area contributed by atoms with Gasteiger partial charge in [-0.05, 0) is 39.2 Å². The molecule has 3 aliphatic heterocycles. The third-order valence-electron chi connectivity index (χ3n) is 5.19. The average Bonchev–Trinajstić information content (AvgIpc) is 2.97. The fraction of sp³-hybridized carbons (Fsp3) is 0.929. The molecule has 108 valence electrons. The number of rotatable bonds is 2. The van der Waals surface area contributed by atoms with Gasteiger partial charge in [0.25, 0.3) is 0 Å². The molecule has 3 N–H and O–H groups in total. The van der Waals surface area contributed by atoms with Gasteiger partial charge in [0.05, 0.1) is 18.6 Å². The smallest absolute Gasteiger partial charge is 0.230 e. The molecule has 5 heteroatoms. The van der Waals surface area contributed by atoms with E-state index >= 15 is 0 Å². The first-order valence-corrected chi connectivity index (χ1v) is 7.48. The second-order valence-corrected chi connectivity index (χ2v) is 6.57. The molecular formula is C14H25N3O2. The van der Waals surface area contributed by atoms with Crippen molar-refractivity contribution >= 4 is 5.91 Å². The summed E-state index contributed by atoms with van der Waals surface area (Å²) in [5, 5.41) is 3.22. The van der Waals surface area contributed by atoms with E-state index in [0.717, 1.165) is 19.4 Å². The lowest BCUT2D eigenvalue weighted by atomic mass is 9.84. The minimum atomic E-state index is -0.549. The van der Waals surface area contributed by atoms with Gasteiger partial charge in [0.1, 0.15) is 0 Å². The molecule has 0 aromatic heterocycles. The molecule has 5 nitrogen and oxygen atoms in total. The van der Waals surface area contributed by atoms with E-state index in [1.165, 1.54) is 19.4 Å². The van der Waals surface area contributed by atoms with E-state index < -0.39 is 5.41 Å². The zero-order chi connectivity index (χ0) is 13.5. The molecule has 0 radical (unpaired) electrons. The Morgan fingerprint density at radius 2 is 2.26 bits per heavy atom. The van der Waals surface area contributed by atoms with Crippen LogP contribution in [-0.2, 0) is 9.53 Å². The number of hydrogen-bond acceptors (Lipinski definition) is 4. The Hall–Kier alpha value is -0.650. The summed E-state index contributed by atoms with van der Waals surface area (Å²) in [4.78, 5) is 15.0. The summed E-state index contributed by atoms with van der Waals surface area (Å²) in [6, 6.07) is 0.816. The van der Waals surface area contributed by atoms with E-state index in [4.69, 9.17) is 10.5 Å². The van der Waals surface area contributed by atoms with Crippen molar-refractivity contribution in [1.29, 1.82) is 0 Å². The van der Waals surface area contributed by atoms with Crippen molar-refractivity contribution < 1.29 is 9.53 Å². The highest BCUT2D eigenvalue weighted by Crippen LogP contribution is 2.30. The molecule has 3 saturated heterocycles. The highest BCUT2D eigenvalue weighted by Gasteiger charge is 2.45. The van der Waals surface area contributed by atoms with Crippen molar-refractivity contribution in [1.82, 2.24) is 10.2 Å². The van der Waals surface area contributed by atoms with E-state index in [0.29, 0.717) is 25.3 Å². The molecule has 3 fully saturated rings. The van der Waals surface area contributed by atoms with Gasteiger partial charge in [0, 0.05) is 24.7 Å². The van der Waals surface area contributed by atoms with E-state index in [1.807, 2.05) is 6.92 Å². The maximum absolute atomic E-state index is 12.5. The van der Waals surface area contributed by atoms with Gasteiger partial charge in [-0.3, -0.25) is 4.79 Å². The molecular weight excluding hydrogens is 242 g/mol. The van der Waals surface area contributed by atoms with Crippen LogP contribution in [-0.4, -0.2) is 55.2 Å². The number of fused-ring (bicyclic) bond motifs is 1. The van der Waals surface area contributed by atoms with Crippen molar-refractivity contribution in [2.24, 2.45) is 11.1 Å². The largest absolute Gasteiger partial charge is 0.379 e. The quantitative estimate of drug-likeness (QED) is 0.744. The summed E-state index contributed by atoms with van der Waals surface area (Å²) < 4.78 is 5.36. The van der Waals surface area contributed by atoms with Crippen LogP contribution in [0.25, 0.3) is 0 Å². The van der Waals surface area contributed by atoms with Gasteiger partial charge in [0.15, 0.2) is 0 Å². The predicted molar refractivity (Wildman–Crippen MR) is 72.7 cm³/mol. The topological polar surface area (TPSA) is 67.6 Å². The van der Waals surface area contributed by atoms with Gasteiger partial charge >= 0.3 is 0 Å². The third kappa shape index (κ3) is 2.39. The number of ether oxygens (including phenoxy) is 1. The highest BCUT2D eigenvalue weighted by atomic mass is 16.5. The van der Waals surface area contributed by atoms with Crippen molar-refractivity contribution in [3.05, 3.63) is 0 Å². The summed E-state index contributed by atoms with van der Waals surface area (Å²) in [6.45, 7) is 5.22. The molecule has 4 unspecified atom stereocenters. The number of hydrogen-bond donors (Lipinski definition) is 2. The zero-order valence-electron chi connectivity index (χ0n) is 11.7. The van der Waals surface area contributed by atoms with Crippen LogP contribution in [0.4, 0.5) is 0 Å². The third-order valence-corrected chi connectivity index (χ3v) is 5.19. The Morgan fingerprint density at radius 1 is 1.42 bits per heavy atom. The van der Waals surface area contributed by atoms with Crippen molar-refractivity contribution in [2.75, 3.05) is 26.3 Å². The summed E-state index contributed by atoms with van der Waals surface area (Å²) in [6.07, 6.45) is 4.75. The number of amides is 1. The van der Waals surface area contributed by atoms with E-state index in [2.05, 4.69) is 10.2 Å². The second kappa shape index (κ2) is 5.04. The lowest BCUT2D eigenvalue weighted by Gasteiger charge is -2.37. The van der Waals surface area contributed by atoms with Crippen LogP contribution in [0.5, 0.6) is 0 Å². The zero-order valence-corrected chi connectivity index (χ0v) is 11.7. The summed E-state index contributed by atoms with van der Waals surface area (Å²) in [5.74, 6) is 0.0777. The van der Waals surface area contributed by atoms with E-state index in [-0.39, 0.29) is 11.9 Å². The first-order valence-electron chi connectivity index (χ1n) is 7.48. The minimum absolute atomic E-state index is 0.0777. The molecule has 3 rings (SSSR count). The van der Waals surface area contributed by atoms with Crippen molar-refractivity contribution in [3.63, 3.8) is 0 Å². The molecule has 0 aromatic rings. The first-order chi connectivity index (χ1) is 9.09. The molecule has 0 aliphatic carbocycles. The minimum Gasteiger partial charge on any atom is -0.379 e. The fourth-order valence-corrected chi connectivity index (χ4v) is 3.63. The average molecular weight is 267 g/mol. The van der Waals surface area contributed by atoms with Crippen LogP contribution in [0.3, 0.4) is 0 Å². The van der Waals surface area contributed by atoms with Crippen LogP contribution in [0.1, 0.15) is 32.6 Å². The van der Waals surface area contributed by atoms with Crippen molar-refractivity contribution in [3.8, 4) is 0 Å². The Labute approximate surface area is 114 Å². The fourth-order valence-electron chi connectivity index (χ4n) is 3.63. The van der Waals surface area contributed by atoms with Crippen LogP contribution in [0.15, 0.2) is 0 Å². The number of nitrogens with two attached hydrogens (primary N) is 1. The molecule has 0 saturated carbocycles. The summed E-state index contributed by atoms with van der Waals surface area (Å²) >= 11 is 0. The van der Waals surface area contributed by atoms with Gasteiger partial charge < -0.3 is 20.7 Å². The lowest BCUT2D eigenvalue weighted by Crippen LogP contribution is -2.55. The van der Waals surface area contributed by atoms with Crippen molar-refractivity contribution in [2.45, 2.75) is 50.7 Å². The Morgan fingerprint density at radius 3 is 3.00 bits per heavy atom. The van der Waals surface area contributed by atoms with E-state index in [1.54, 1.807) is 0 Å².